The molecule has 0 radical (unpaired) electrons. The van der Waals surface area contributed by atoms with Gasteiger partial charge in [0.1, 0.15) is 24.2 Å². The number of hydrogen-bond acceptors (Lipinski definition) is 6. The predicted octanol–water partition coefficient (Wildman–Crippen LogP) is 4.90. The summed E-state index contributed by atoms with van der Waals surface area (Å²) in [5.41, 5.74) is 4.24. The first-order valence-corrected chi connectivity index (χ1v) is 11.9. The van der Waals surface area contributed by atoms with Gasteiger partial charge in [-0.15, -0.1) is 0 Å². The average Bonchev–Trinajstić information content (AvgIpc) is 3.48. The maximum atomic E-state index is 10.7. The van der Waals surface area contributed by atoms with E-state index in [1.807, 2.05) is 30.3 Å². The first-order chi connectivity index (χ1) is 16.0. The van der Waals surface area contributed by atoms with Gasteiger partial charge >= 0.3 is 0 Å². The second-order valence-electron chi connectivity index (χ2n) is 9.18. The quantitative estimate of drug-likeness (QED) is 0.475. The number of aliphatic hydroxyl groups excluding tert-OH is 1. The number of benzene rings is 2. The van der Waals surface area contributed by atoms with Crippen molar-refractivity contribution >= 4 is 5.88 Å². The molecule has 0 saturated carbocycles. The molecule has 1 aromatic heterocycles. The predicted molar refractivity (Wildman–Crippen MR) is 132 cm³/mol. The van der Waals surface area contributed by atoms with Gasteiger partial charge in [0.25, 0.3) is 0 Å². The minimum absolute atomic E-state index is 0.239. The number of ether oxygens (including phenoxy) is 1. The smallest absolute Gasteiger partial charge is 0.232 e. The SMILES string of the molecule is Cc1cccc(-c2noc(N3CCCC3)c2CN(CC(O)COc2ccccc2)C(C)C)c1. The molecule has 1 aliphatic rings. The van der Waals surface area contributed by atoms with Crippen LogP contribution in [0.1, 0.15) is 37.8 Å². The molecular weight excluding hydrogens is 414 g/mol. The molecule has 0 aliphatic carbocycles. The van der Waals surface area contributed by atoms with Crippen LogP contribution in [-0.4, -0.2) is 53.6 Å². The highest BCUT2D eigenvalue weighted by Crippen LogP contribution is 2.34. The van der Waals surface area contributed by atoms with Crippen molar-refractivity contribution in [2.24, 2.45) is 0 Å². The van der Waals surface area contributed by atoms with Gasteiger partial charge in [0.15, 0.2) is 0 Å². The lowest BCUT2D eigenvalue weighted by molar-refractivity contribution is 0.0543. The number of nitrogens with zero attached hydrogens (tertiary/aromatic N) is 3. The van der Waals surface area contributed by atoms with Gasteiger partial charge < -0.3 is 19.3 Å². The van der Waals surface area contributed by atoms with E-state index in [9.17, 15) is 5.11 Å². The van der Waals surface area contributed by atoms with E-state index < -0.39 is 6.10 Å². The number of para-hydroxylation sites is 1. The van der Waals surface area contributed by atoms with Crippen LogP contribution in [0.5, 0.6) is 5.75 Å². The van der Waals surface area contributed by atoms with Crippen LogP contribution >= 0.6 is 0 Å². The number of hydrogen-bond donors (Lipinski definition) is 1. The minimum atomic E-state index is -0.606. The van der Waals surface area contributed by atoms with Gasteiger partial charge in [0, 0.05) is 37.8 Å². The highest BCUT2D eigenvalue weighted by atomic mass is 16.5. The van der Waals surface area contributed by atoms with Crippen molar-refractivity contribution in [2.45, 2.75) is 52.3 Å². The van der Waals surface area contributed by atoms with Crippen LogP contribution < -0.4 is 9.64 Å². The largest absolute Gasteiger partial charge is 0.491 e. The molecule has 6 nitrogen and oxygen atoms in total. The molecule has 1 atom stereocenters. The second kappa shape index (κ2) is 10.9. The number of anilines is 1. The molecule has 0 amide bonds. The summed E-state index contributed by atoms with van der Waals surface area (Å²) in [6.45, 7) is 9.78. The van der Waals surface area contributed by atoms with Gasteiger partial charge in [-0.05, 0) is 51.8 Å². The Bertz CT molecular complexity index is 1010. The van der Waals surface area contributed by atoms with Crippen molar-refractivity contribution in [1.82, 2.24) is 10.1 Å². The molecule has 0 bridgehead atoms. The first-order valence-electron chi connectivity index (χ1n) is 11.9. The molecule has 2 aromatic carbocycles. The van der Waals surface area contributed by atoms with Crippen LogP contribution in [0.25, 0.3) is 11.3 Å². The number of aliphatic hydroxyl groups is 1. The third-order valence-electron chi connectivity index (χ3n) is 6.17. The van der Waals surface area contributed by atoms with Gasteiger partial charge in [-0.1, -0.05) is 47.1 Å². The van der Waals surface area contributed by atoms with E-state index in [4.69, 9.17) is 9.26 Å². The Kier molecular flexibility index (Phi) is 7.68. The Balaban J connectivity index is 1.54. The fourth-order valence-corrected chi connectivity index (χ4v) is 4.32. The van der Waals surface area contributed by atoms with E-state index in [0.717, 1.165) is 41.5 Å². The zero-order valence-corrected chi connectivity index (χ0v) is 19.9. The van der Waals surface area contributed by atoms with Crippen molar-refractivity contribution in [3.8, 4) is 17.0 Å². The Morgan fingerprint density at radius 1 is 1.09 bits per heavy atom. The average molecular weight is 450 g/mol. The van der Waals surface area contributed by atoms with Crippen LogP contribution in [0.2, 0.25) is 0 Å². The molecule has 4 rings (SSSR count). The molecule has 33 heavy (non-hydrogen) atoms. The Hall–Kier alpha value is -2.83. The summed E-state index contributed by atoms with van der Waals surface area (Å²) in [5.74, 6) is 1.63. The van der Waals surface area contributed by atoms with Crippen molar-refractivity contribution in [2.75, 3.05) is 31.1 Å². The lowest BCUT2D eigenvalue weighted by Gasteiger charge is -2.29. The molecular formula is C27H35N3O3. The normalized spacial score (nSPS) is 14.9. The topological polar surface area (TPSA) is 62.0 Å². The van der Waals surface area contributed by atoms with Gasteiger partial charge in [-0.2, -0.15) is 0 Å². The van der Waals surface area contributed by atoms with E-state index in [2.05, 4.69) is 60.0 Å². The second-order valence-corrected chi connectivity index (χ2v) is 9.18. The summed E-state index contributed by atoms with van der Waals surface area (Å²) < 4.78 is 11.7. The van der Waals surface area contributed by atoms with Gasteiger partial charge in [-0.3, -0.25) is 4.90 Å². The standard InChI is InChI=1S/C27H35N3O3/c1-20(2)30(17-23(31)19-32-24-12-5-4-6-13-24)18-25-26(22-11-9-10-21(3)16-22)28-33-27(25)29-14-7-8-15-29/h4-6,9-13,16,20,23,31H,7-8,14-15,17-19H2,1-3H3. The summed E-state index contributed by atoms with van der Waals surface area (Å²) in [7, 11) is 0. The Morgan fingerprint density at radius 2 is 1.85 bits per heavy atom. The van der Waals surface area contributed by atoms with E-state index in [1.165, 1.54) is 18.4 Å². The van der Waals surface area contributed by atoms with Crippen molar-refractivity contribution in [3.63, 3.8) is 0 Å². The Labute approximate surface area is 196 Å². The first kappa shape index (κ1) is 23.3. The van der Waals surface area contributed by atoms with Crippen molar-refractivity contribution in [3.05, 3.63) is 65.7 Å². The Morgan fingerprint density at radius 3 is 2.55 bits per heavy atom. The lowest BCUT2D eigenvalue weighted by atomic mass is 10.0. The molecule has 1 N–H and O–H groups in total. The van der Waals surface area contributed by atoms with Crippen molar-refractivity contribution < 1.29 is 14.4 Å². The number of rotatable bonds is 10. The molecule has 1 saturated heterocycles. The molecule has 6 heteroatoms. The molecule has 2 heterocycles. The van der Waals surface area contributed by atoms with Gasteiger partial charge in [-0.25, -0.2) is 0 Å². The molecule has 176 valence electrons. The molecule has 1 unspecified atom stereocenters. The summed E-state index contributed by atoms with van der Waals surface area (Å²) in [6, 6.07) is 18.2. The molecule has 1 aliphatic heterocycles. The summed E-state index contributed by atoms with van der Waals surface area (Å²) in [6.07, 6.45) is 1.73. The van der Waals surface area contributed by atoms with Crippen LogP contribution in [0, 0.1) is 6.92 Å². The van der Waals surface area contributed by atoms with Crippen LogP contribution in [0.4, 0.5) is 5.88 Å². The molecule has 3 aromatic rings. The highest BCUT2D eigenvalue weighted by molar-refractivity contribution is 5.69. The number of aromatic nitrogens is 1. The van der Waals surface area contributed by atoms with E-state index in [1.54, 1.807) is 0 Å². The summed E-state index contributed by atoms with van der Waals surface area (Å²) in [4.78, 5) is 4.57. The van der Waals surface area contributed by atoms with Crippen molar-refractivity contribution in [1.29, 1.82) is 0 Å². The third-order valence-corrected chi connectivity index (χ3v) is 6.17. The summed E-state index contributed by atoms with van der Waals surface area (Å²) in [5, 5.41) is 15.3. The van der Waals surface area contributed by atoms with Gasteiger partial charge in [0.2, 0.25) is 5.88 Å². The monoisotopic (exact) mass is 449 g/mol. The number of aryl methyl sites for hydroxylation is 1. The fourth-order valence-electron chi connectivity index (χ4n) is 4.32. The molecule has 1 fully saturated rings. The van der Waals surface area contributed by atoms with E-state index in [-0.39, 0.29) is 12.6 Å². The van der Waals surface area contributed by atoms with Crippen LogP contribution in [0.15, 0.2) is 59.1 Å². The zero-order chi connectivity index (χ0) is 23.2. The summed E-state index contributed by atoms with van der Waals surface area (Å²) >= 11 is 0. The highest BCUT2D eigenvalue weighted by Gasteiger charge is 2.27. The van der Waals surface area contributed by atoms with E-state index in [0.29, 0.717) is 13.1 Å². The van der Waals surface area contributed by atoms with E-state index >= 15 is 0 Å². The maximum absolute atomic E-state index is 10.7. The zero-order valence-electron chi connectivity index (χ0n) is 19.9. The lowest BCUT2D eigenvalue weighted by Crippen LogP contribution is -2.39. The van der Waals surface area contributed by atoms with Crippen LogP contribution in [-0.2, 0) is 6.54 Å². The maximum Gasteiger partial charge on any atom is 0.232 e. The molecule has 0 spiro atoms. The van der Waals surface area contributed by atoms with Gasteiger partial charge in [0.05, 0.1) is 5.56 Å². The van der Waals surface area contributed by atoms with Crippen LogP contribution in [0.3, 0.4) is 0 Å². The fraction of sp³-hybridized carbons (Fsp3) is 0.444. The minimum Gasteiger partial charge on any atom is -0.491 e. The third kappa shape index (κ3) is 5.95.